The van der Waals surface area contributed by atoms with Crippen LogP contribution in [-0.2, 0) is 0 Å². The zero-order chi connectivity index (χ0) is 19.2. The Morgan fingerprint density at radius 2 is 1.30 bits per heavy atom. The summed E-state index contributed by atoms with van der Waals surface area (Å²) >= 11 is 0. The number of carbonyl (C=O) groups is 2. The molecule has 0 aromatic heterocycles. The van der Waals surface area contributed by atoms with Crippen molar-refractivity contribution in [3.63, 3.8) is 0 Å². The Morgan fingerprint density at radius 3 is 1.85 bits per heavy atom. The molecule has 0 unspecified atom stereocenters. The average molecular weight is 368 g/mol. The van der Waals surface area contributed by atoms with E-state index in [0.717, 1.165) is 6.42 Å². The van der Waals surface area contributed by atoms with Gasteiger partial charge in [0.15, 0.2) is 0 Å². The van der Waals surface area contributed by atoms with E-state index in [2.05, 4.69) is 0 Å². The first-order valence-electron chi connectivity index (χ1n) is 9.00. The van der Waals surface area contributed by atoms with E-state index in [1.54, 1.807) is 23.1 Å². The largest absolute Gasteiger partial charge is 0.496 e. The number of amides is 2. The molecule has 142 valence electrons. The summed E-state index contributed by atoms with van der Waals surface area (Å²) in [4.78, 5) is 29.4. The minimum absolute atomic E-state index is 0.000212. The third kappa shape index (κ3) is 4.05. The summed E-state index contributed by atoms with van der Waals surface area (Å²) in [6, 6.07) is 14.5. The monoisotopic (exact) mass is 368 g/mol. The van der Waals surface area contributed by atoms with Gasteiger partial charge in [0.25, 0.3) is 11.8 Å². The van der Waals surface area contributed by atoms with Crippen LogP contribution >= 0.6 is 0 Å². The predicted molar refractivity (Wildman–Crippen MR) is 102 cm³/mol. The van der Waals surface area contributed by atoms with Gasteiger partial charge in [-0.05, 0) is 30.7 Å². The summed E-state index contributed by atoms with van der Waals surface area (Å²) in [5, 5.41) is 0. The Morgan fingerprint density at radius 1 is 0.741 bits per heavy atom. The van der Waals surface area contributed by atoms with Crippen molar-refractivity contribution in [2.24, 2.45) is 0 Å². The first kappa shape index (κ1) is 18.8. The number of carbonyl (C=O) groups excluding carboxylic acids is 2. The van der Waals surface area contributed by atoms with Crippen LogP contribution in [0.4, 0.5) is 0 Å². The van der Waals surface area contributed by atoms with E-state index in [-0.39, 0.29) is 11.8 Å². The fourth-order valence-corrected chi connectivity index (χ4v) is 3.31. The van der Waals surface area contributed by atoms with Crippen molar-refractivity contribution in [3.05, 3.63) is 59.7 Å². The molecule has 6 nitrogen and oxygen atoms in total. The molecule has 0 spiro atoms. The predicted octanol–water partition coefficient (Wildman–Crippen LogP) is 2.69. The molecule has 1 aliphatic rings. The van der Waals surface area contributed by atoms with E-state index in [9.17, 15) is 9.59 Å². The molecule has 2 amide bonds. The molecule has 27 heavy (non-hydrogen) atoms. The normalized spacial score (nSPS) is 14.4. The number of benzene rings is 2. The van der Waals surface area contributed by atoms with Crippen molar-refractivity contribution in [1.29, 1.82) is 0 Å². The second kappa shape index (κ2) is 8.58. The van der Waals surface area contributed by atoms with Crippen molar-refractivity contribution in [2.45, 2.75) is 6.42 Å². The van der Waals surface area contributed by atoms with Gasteiger partial charge in [0, 0.05) is 31.7 Å². The molecule has 0 radical (unpaired) electrons. The van der Waals surface area contributed by atoms with Gasteiger partial charge in [-0.15, -0.1) is 0 Å². The van der Waals surface area contributed by atoms with Gasteiger partial charge in [-0.1, -0.05) is 24.3 Å². The first-order chi connectivity index (χ1) is 13.2. The van der Waals surface area contributed by atoms with Crippen LogP contribution in [0, 0.1) is 0 Å². The van der Waals surface area contributed by atoms with Gasteiger partial charge < -0.3 is 19.3 Å². The van der Waals surface area contributed by atoms with E-state index in [4.69, 9.17) is 9.47 Å². The SMILES string of the molecule is COc1cccc(OC)c1C(=O)N1CCCN(C(=O)c2ccccc2)CC1. The van der Waals surface area contributed by atoms with E-state index in [1.807, 2.05) is 35.2 Å². The second-order valence-electron chi connectivity index (χ2n) is 6.34. The lowest BCUT2D eigenvalue weighted by Gasteiger charge is -2.23. The molecule has 0 bridgehead atoms. The van der Waals surface area contributed by atoms with E-state index in [0.29, 0.717) is 48.8 Å². The van der Waals surface area contributed by atoms with Crippen LogP contribution in [0.2, 0.25) is 0 Å². The average Bonchev–Trinajstić information content (AvgIpc) is 2.99. The van der Waals surface area contributed by atoms with Crippen molar-refractivity contribution in [2.75, 3.05) is 40.4 Å². The van der Waals surface area contributed by atoms with Crippen LogP contribution in [0.25, 0.3) is 0 Å². The van der Waals surface area contributed by atoms with Crippen molar-refractivity contribution >= 4 is 11.8 Å². The van der Waals surface area contributed by atoms with Crippen molar-refractivity contribution in [3.8, 4) is 11.5 Å². The van der Waals surface area contributed by atoms with Crippen LogP contribution in [0.5, 0.6) is 11.5 Å². The lowest BCUT2D eigenvalue weighted by Crippen LogP contribution is -2.37. The molecule has 0 saturated carbocycles. The third-order valence-electron chi connectivity index (χ3n) is 4.73. The number of methoxy groups -OCH3 is 2. The summed E-state index contributed by atoms with van der Waals surface area (Å²) in [5.74, 6) is 0.833. The molecular formula is C21H24N2O4. The van der Waals surface area contributed by atoms with Gasteiger partial charge in [-0.2, -0.15) is 0 Å². The van der Waals surface area contributed by atoms with E-state index < -0.39 is 0 Å². The topological polar surface area (TPSA) is 59.1 Å². The Bertz CT molecular complexity index is 785. The van der Waals surface area contributed by atoms with Gasteiger partial charge in [0.2, 0.25) is 0 Å². The highest BCUT2D eigenvalue weighted by Crippen LogP contribution is 2.30. The minimum Gasteiger partial charge on any atom is -0.496 e. The maximum Gasteiger partial charge on any atom is 0.261 e. The summed E-state index contributed by atoms with van der Waals surface area (Å²) in [7, 11) is 3.07. The van der Waals surface area contributed by atoms with Crippen LogP contribution in [0.15, 0.2) is 48.5 Å². The van der Waals surface area contributed by atoms with E-state index in [1.165, 1.54) is 14.2 Å². The number of hydrogen-bond donors (Lipinski definition) is 0. The summed E-state index contributed by atoms with van der Waals surface area (Å²) in [5.41, 5.74) is 1.09. The second-order valence-corrected chi connectivity index (χ2v) is 6.34. The van der Waals surface area contributed by atoms with Gasteiger partial charge in [0.05, 0.1) is 14.2 Å². The van der Waals surface area contributed by atoms with Gasteiger partial charge in [0.1, 0.15) is 17.1 Å². The minimum atomic E-state index is -0.140. The highest BCUT2D eigenvalue weighted by molar-refractivity contribution is 6.00. The Kier molecular flexibility index (Phi) is 5.96. The zero-order valence-corrected chi connectivity index (χ0v) is 15.7. The molecule has 0 N–H and O–H groups in total. The molecule has 0 aliphatic carbocycles. The molecule has 1 fully saturated rings. The smallest absolute Gasteiger partial charge is 0.261 e. The molecule has 1 aliphatic heterocycles. The fourth-order valence-electron chi connectivity index (χ4n) is 3.31. The van der Waals surface area contributed by atoms with Gasteiger partial charge >= 0.3 is 0 Å². The summed E-state index contributed by atoms with van der Waals surface area (Å²) in [6.45, 7) is 2.18. The van der Waals surface area contributed by atoms with Crippen molar-refractivity contribution in [1.82, 2.24) is 9.80 Å². The number of ether oxygens (including phenoxy) is 2. The van der Waals surface area contributed by atoms with Gasteiger partial charge in [-0.25, -0.2) is 0 Å². The van der Waals surface area contributed by atoms with Crippen LogP contribution < -0.4 is 9.47 Å². The number of hydrogen-bond acceptors (Lipinski definition) is 4. The van der Waals surface area contributed by atoms with E-state index >= 15 is 0 Å². The number of nitrogens with zero attached hydrogens (tertiary/aromatic N) is 2. The highest BCUT2D eigenvalue weighted by atomic mass is 16.5. The maximum atomic E-state index is 13.1. The van der Waals surface area contributed by atoms with Crippen LogP contribution in [-0.4, -0.2) is 62.0 Å². The molecule has 3 rings (SSSR count). The standard InChI is InChI=1S/C21H24N2O4/c1-26-17-10-6-11-18(27-2)19(17)21(25)23-13-7-12-22(14-15-23)20(24)16-8-4-3-5-9-16/h3-6,8-11H,7,12-15H2,1-2H3. The Labute approximate surface area is 159 Å². The molecule has 2 aromatic carbocycles. The molecule has 2 aromatic rings. The first-order valence-corrected chi connectivity index (χ1v) is 9.00. The Hall–Kier alpha value is -3.02. The molecule has 1 saturated heterocycles. The maximum absolute atomic E-state index is 13.1. The molecular weight excluding hydrogens is 344 g/mol. The lowest BCUT2D eigenvalue weighted by atomic mass is 10.1. The zero-order valence-electron chi connectivity index (χ0n) is 15.7. The number of rotatable bonds is 4. The molecule has 0 atom stereocenters. The van der Waals surface area contributed by atoms with Gasteiger partial charge in [-0.3, -0.25) is 9.59 Å². The quantitative estimate of drug-likeness (QED) is 0.833. The molecule has 1 heterocycles. The third-order valence-corrected chi connectivity index (χ3v) is 4.73. The van der Waals surface area contributed by atoms with Crippen LogP contribution in [0.1, 0.15) is 27.1 Å². The summed E-state index contributed by atoms with van der Waals surface area (Å²) < 4.78 is 10.7. The fraction of sp³-hybridized carbons (Fsp3) is 0.333. The Balaban J connectivity index is 1.75. The lowest BCUT2D eigenvalue weighted by molar-refractivity contribution is 0.0715. The highest BCUT2D eigenvalue weighted by Gasteiger charge is 2.27. The summed E-state index contributed by atoms with van der Waals surface area (Å²) in [6.07, 6.45) is 0.724. The van der Waals surface area contributed by atoms with Crippen molar-refractivity contribution < 1.29 is 19.1 Å². The molecule has 6 heteroatoms. The van der Waals surface area contributed by atoms with Crippen LogP contribution in [0.3, 0.4) is 0 Å².